The fourth-order valence-corrected chi connectivity index (χ4v) is 5.66. The van der Waals surface area contributed by atoms with E-state index in [1.165, 1.54) is 38.3 Å². The Balaban J connectivity index is 1.50. The number of nitrogens with one attached hydrogen (secondary N) is 1. The van der Waals surface area contributed by atoms with E-state index in [9.17, 15) is 9.18 Å². The molecule has 1 N–H and O–H groups in total. The molecule has 1 aliphatic rings. The van der Waals surface area contributed by atoms with Crippen molar-refractivity contribution in [2.75, 3.05) is 52.4 Å². The van der Waals surface area contributed by atoms with Gasteiger partial charge in [0, 0.05) is 48.3 Å². The first-order valence-corrected chi connectivity index (χ1v) is 12.7. The van der Waals surface area contributed by atoms with Crippen molar-refractivity contribution in [3.05, 3.63) is 70.2 Å². The van der Waals surface area contributed by atoms with Crippen molar-refractivity contribution in [3.8, 4) is 17.2 Å². The third-order valence-electron chi connectivity index (χ3n) is 6.49. The summed E-state index contributed by atoms with van der Waals surface area (Å²) in [4.78, 5) is 19.2. The number of halogens is 1. The lowest BCUT2D eigenvalue weighted by Gasteiger charge is -2.42. The Morgan fingerprint density at radius 1 is 0.972 bits per heavy atom. The van der Waals surface area contributed by atoms with Crippen molar-refractivity contribution >= 4 is 22.9 Å². The van der Waals surface area contributed by atoms with Gasteiger partial charge in [-0.25, -0.2) is 4.39 Å². The number of anilines is 1. The second-order valence-electron chi connectivity index (χ2n) is 8.64. The fraction of sp³-hybridized carbons (Fsp3) is 0.370. The Bertz CT molecular complexity index is 1120. The zero-order valence-corrected chi connectivity index (χ0v) is 21.8. The van der Waals surface area contributed by atoms with Gasteiger partial charge in [-0.3, -0.25) is 9.69 Å². The normalized spacial score (nSPS) is 15.8. The Morgan fingerprint density at radius 3 is 2.14 bits per heavy atom. The second-order valence-corrected chi connectivity index (χ2v) is 9.62. The highest BCUT2D eigenvalue weighted by atomic mass is 32.1. The number of thiophene rings is 1. The highest BCUT2D eigenvalue weighted by Crippen LogP contribution is 2.38. The number of piperazine rings is 1. The van der Waals surface area contributed by atoms with Gasteiger partial charge in [-0.05, 0) is 54.8 Å². The quantitative estimate of drug-likeness (QED) is 0.452. The van der Waals surface area contributed by atoms with E-state index in [2.05, 4.69) is 26.6 Å². The summed E-state index contributed by atoms with van der Waals surface area (Å²) in [5, 5.41) is 5.25. The highest BCUT2D eigenvalue weighted by molar-refractivity contribution is 7.10. The molecule has 0 radical (unpaired) electrons. The van der Waals surface area contributed by atoms with Gasteiger partial charge in [0.15, 0.2) is 11.5 Å². The number of benzene rings is 2. The molecule has 2 heterocycles. The molecule has 7 nitrogen and oxygen atoms in total. The summed E-state index contributed by atoms with van der Waals surface area (Å²) in [5.41, 5.74) is 1.45. The van der Waals surface area contributed by atoms with E-state index in [0.29, 0.717) is 22.8 Å². The van der Waals surface area contributed by atoms with Gasteiger partial charge in [0.25, 0.3) is 5.91 Å². The van der Waals surface area contributed by atoms with E-state index in [4.69, 9.17) is 14.2 Å². The van der Waals surface area contributed by atoms with Crippen LogP contribution in [0.4, 0.5) is 10.1 Å². The first-order chi connectivity index (χ1) is 17.4. The maximum absolute atomic E-state index is 13.3. The molecule has 0 bridgehead atoms. The predicted molar refractivity (Wildman–Crippen MR) is 140 cm³/mol. The molecule has 2 atom stereocenters. The summed E-state index contributed by atoms with van der Waals surface area (Å²) in [6.07, 6.45) is 0. The lowest BCUT2D eigenvalue weighted by atomic mass is 10.0. The number of carbonyl (C=O) groups excluding carboxylic acids is 1. The topological polar surface area (TPSA) is 63.3 Å². The van der Waals surface area contributed by atoms with Crippen molar-refractivity contribution in [1.29, 1.82) is 0 Å². The molecule has 0 unspecified atom stereocenters. The SMILES string of the molecule is COc1cc(C(=O)N[C@@H](C)[C@@H](c2cccs2)N2CCN(c3ccc(F)cc3)CC2)cc(OC)c1OC. The number of amides is 1. The van der Waals surface area contributed by atoms with Crippen molar-refractivity contribution in [1.82, 2.24) is 10.2 Å². The maximum atomic E-state index is 13.3. The van der Waals surface area contributed by atoms with Gasteiger partial charge in [-0.15, -0.1) is 11.3 Å². The van der Waals surface area contributed by atoms with E-state index in [0.717, 1.165) is 31.9 Å². The summed E-state index contributed by atoms with van der Waals surface area (Å²) < 4.78 is 29.5. The predicted octanol–water partition coefficient (Wildman–Crippen LogP) is 4.59. The van der Waals surface area contributed by atoms with Crippen molar-refractivity contribution in [2.24, 2.45) is 0 Å². The van der Waals surface area contributed by atoms with Crippen LogP contribution < -0.4 is 24.4 Å². The molecule has 2 aromatic carbocycles. The van der Waals surface area contributed by atoms with Crippen LogP contribution in [0.2, 0.25) is 0 Å². The highest BCUT2D eigenvalue weighted by Gasteiger charge is 2.31. The number of methoxy groups -OCH3 is 3. The minimum Gasteiger partial charge on any atom is -0.493 e. The van der Waals surface area contributed by atoms with Crippen LogP contribution in [0.25, 0.3) is 0 Å². The van der Waals surface area contributed by atoms with E-state index in [-0.39, 0.29) is 23.8 Å². The summed E-state index contributed by atoms with van der Waals surface area (Å²) in [7, 11) is 4.59. The molecule has 1 aromatic heterocycles. The van der Waals surface area contributed by atoms with E-state index in [1.54, 1.807) is 23.5 Å². The largest absolute Gasteiger partial charge is 0.493 e. The third-order valence-corrected chi connectivity index (χ3v) is 7.44. The zero-order chi connectivity index (χ0) is 25.7. The maximum Gasteiger partial charge on any atom is 0.251 e. The van der Waals surface area contributed by atoms with Gasteiger partial charge in [-0.2, -0.15) is 0 Å². The molecule has 0 aliphatic carbocycles. The van der Waals surface area contributed by atoms with Crippen molar-refractivity contribution < 1.29 is 23.4 Å². The van der Waals surface area contributed by atoms with Crippen LogP contribution in [0.3, 0.4) is 0 Å². The van der Waals surface area contributed by atoms with Gasteiger partial charge in [0.1, 0.15) is 5.82 Å². The molecule has 1 fully saturated rings. The molecule has 3 aromatic rings. The number of hydrogen-bond acceptors (Lipinski definition) is 7. The first-order valence-electron chi connectivity index (χ1n) is 11.8. The van der Waals surface area contributed by atoms with Crippen LogP contribution in [-0.4, -0.2) is 64.4 Å². The van der Waals surface area contributed by atoms with Gasteiger partial charge in [0.05, 0.1) is 27.4 Å². The number of carbonyl (C=O) groups is 1. The minimum absolute atomic E-state index is 0.0198. The molecule has 1 aliphatic heterocycles. The van der Waals surface area contributed by atoms with Crippen LogP contribution in [-0.2, 0) is 0 Å². The smallest absolute Gasteiger partial charge is 0.251 e. The molecule has 36 heavy (non-hydrogen) atoms. The first kappa shape index (κ1) is 25.8. The van der Waals surface area contributed by atoms with Crippen molar-refractivity contribution in [3.63, 3.8) is 0 Å². The molecular weight excluding hydrogens is 481 g/mol. The average Bonchev–Trinajstić information content (AvgIpc) is 3.43. The Morgan fingerprint density at radius 2 is 1.61 bits per heavy atom. The monoisotopic (exact) mass is 513 g/mol. The zero-order valence-electron chi connectivity index (χ0n) is 21.0. The second kappa shape index (κ2) is 11.6. The molecule has 9 heteroatoms. The number of rotatable bonds is 9. The van der Waals surface area contributed by atoms with Crippen LogP contribution >= 0.6 is 11.3 Å². The molecule has 1 amide bonds. The molecule has 0 saturated carbocycles. The van der Waals surface area contributed by atoms with E-state index in [1.807, 2.05) is 25.1 Å². The standard InChI is InChI=1S/C27H32FN3O4S/c1-18(29-27(32)19-16-22(33-2)26(35-4)23(17-19)34-3)25(24-6-5-15-36-24)31-13-11-30(12-14-31)21-9-7-20(28)8-10-21/h5-10,15-18,25H,11-14H2,1-4H3,(H,29,32)/t18-,25-/m0/s1. The molecule has 1 saturated heterocycles. The van der Waals surface area contributed by atoms with Gasteiger partial charge in [0.2, 0.25) is 5.75 Å². The number of hydrogen-bond donors (Lipinski definition) is 1. The third kappa shape index (κ3) is 5.57. The summed E-state index contributed by atoms with van der Waals surface area (Å²) in [6, 6.07) is 14.0. The van der Waals surface area contributed by atoms with Gasteiger partial charge in [-0.1, -0.05) is 6.07 Å². The van der Waals surface area contributed by atoms with Crippen LogP contribution in [0.1, 0.15) is 28.2 Å². The molecule has 0 spiro atoms. The van der Waals surface area contributed by atoms with Crippen LogP contribution in [0, 0.1) is 5.82 Å². The average molecular weight is 514 g/mol. The fourth-order valence-electron chi connectivity index (χ4n) is 4.69. The minimum atomic E-state index is -0.230. The van der Waals surface area contributed by atoms with Crippen LogP contribution in [0.5, 0.6) is 17.2 Å². The summed E-state index contributed by atoms with van der Waals surface area (Å²) in [6.45, 7) is 5.32. The molecule has 192 valence electrons. The molecular formula is C27H32FN3O4S. The summed E-state index contributed by atoms with van der Waals surface area (Å²) in [5.74, 6) is 0.864. The van der Waals surface area contributed by atoms with Gasteiger partial charge < -0.3 is 24.4 Å². The Hall–Kier alpha value is -3.30. The summed E-state index contributed by atoms with van der Waals surface area (Å²) >= 11 is 1.69. The lowest BCUT2D eigenvalue weighted by Crippen LogP contribution is -2.52. The Kier molecular flexibility index (Phi) is 8.32. The number of ether oxygens (including phenoxy) is 3. The van der Waals surface area contributed by atoms with E-state index < -0.39 is 0 Å². The Labute approximate surface area is 215 Å². The molecule has 4 rings (SSSR count). The number of nitrogens with zero attached hydrogens (tertiary/aromatic N) is 2. The van der Waals surface area contributed by atoms with Crippen LogP contribution in [0.15, 0.2) is 53.9 Å². The van der Waals surface area contributed by atoms with Crippen molar-refractivity contribution in [2.45, 2.75) is 19.0 Å². The van der Waals surface area contributed by atoms with Gasteiger partial charge >= 0.3 is 0 Å². The lowest BCUT2D eigenvalue weighted by molar-refractivity contribution is 0.0890. The van der Waals surface area contributed by atoms with E-state index >= 15 is 0 Å².